The summed E-state index contributed by atoms with van der Waals surface area (Å²) in [7, 11) is 1.52. The molecule has 4 aromatic rings. The number of halogens is 4. The molecule has 0 saturated carbocycles. The number of hydrogen-bond acceptors (Lipinski definition) is 5. The van der Waals surface area contributed by atoms with Crippen molar-refractivity contribution in [3.05, 3.63) is 70.6 Å². The number of nitrogens with one attached hydrogen (secondary N) is 2. The number of rotatable bonds is 5. The van der Waals surface area contributed by atoms with Crippen molar-refractivity contribution in [2.45, 2.75) is 12.6 Å². The van der Waals surface area contributed by atoms with E-state index in [1.165, 1.54) is 18.0 Å². The Morgan fingerprint density at radius 1 is 1.11 bits per heavy atom. The molecule has 0 bridgehead atoms. The number of aromatic nitrogens is 2. The van der Waals surface area contributed by atoms with Crippen LogP contribution < -0.4 is 5.32 Å². The summed E-state index contributed by atoms with van der Waals surface area (Å²) in [5.41, 5.74) is 1.28. The van der Waals surface area contributed by atoms with Gasteiger partial charge in [-0.05, 0) is 29.7 Å². The van der Waals surface area contributed by atoms with Crippen LogP contribution in [-0.4, -0.2) is 52.7 Å². The highest BCUT2D eigenvalue weighted by molar-refractivity contribution is 5.99. The summed E-state index contributed by atoms with van der Waals surface area (Å²) in [5, 5.41) is 13.0. The Morgan fingerprint density at radius 2 is 1.80 bits per heavy atom. The fraction of sp³-hybridized carbons (Fsp3) is 0.250. The molecule has 0 unspecified atom stereocenters. The van der Waals surface area contributed by atoms with Crippen LogP contribution >= 0.6 is 0 Å². The van der Waals surface area contributed by atoms with Crippen LogP contribution in [-0.2, 0) is 11.3 Å². The topological polar surface area (TPSA) is 90.5 Å². The molecule has 1 amide bonds. The highest BCUT2D eigenvalue weighted by Crippen LogP contribution is 2.38. The molecule has 0 spiro atoms. The Hall–Kier alpha value is -3.70. The number of aliphatic hydroxyl groups excluding tert-OH is 1. The normalized spacial score (nSPS) is 15.4. The van der Waals surface area contributed by atoms with E-state index < -0.39 is 35.2 Å². The Bertz CT molecular complexity index is 1430. The number of ether oxygens (including phenoxy) is 1. The third-order valence-corrected chi connectivity index (χ3v) is 6.10. The number of pyridine rings is 1. The monoisotopic (exact) mass is 488 g/mol. The van der Waals surface area contributed by atoms with Gasteiger partial charge in [0.1, 0.15) is 11.5 Å². The lowest BCUT2D eigenvalue weighted by atomic mass is 9.94. The van der Waals surface area contributed by atoms with E-state index in [0.717, 1.165) is 24.3 Å². The molecule has 0 aliphatic carbocycles. The van der Waals surface area contributed by atoms with Gasteiger partial charge in [0.05, 0.1) is 31.6 Å². The third kappa shape index (κ3) is 3.96. The average Bonchev–Trinajstić information content (AvgIpc) is 3.25. The molecular weight excluding hydrogens is 468 g/mol. The molecule has 0 saturated heterocycles. The van der Waals surface area contributed by atoms with Crippen molar-refractivity contribution < 1.29 is 32.2 Å². The summed E-state index contributed by atoms with van der Waals surface area (Å²) in [6, 6.07) is 4.74. The number of nitrogens with zero attached hydrogens (tertiary/aromatic N) is 2. The molecule has 1 aliphatic rings. The number of carbonyl (C=O) groups excluding carboxylic acids is 1. The van der Waals surface area contributed by atoms with Gasteiger partial charge in [-0.25, -0.2) is 22.5 Å². The minimum absolute atomic E-state index is 0.0674. The van der Waals surface area contributed by atoms with Gasteiger partial charge in [0.2, 0.25) is 0 Å². The Morgan fingerprint density at radius 3 is 2.54 bits per heavy atom. The number of fused-ring (bicyclic) bond motifs is 4. The van der Waals surface area contributed by atoms with Crippen molar-refractivity contribution in [1.29, 1.82) is 0 Å². The number of aliphatic hydroxyl groups is 1. The van der Waals surface area contributed by atoms with Gasteiger partial charge in [-0.1, -0.05) is 0 Å². The van der Waals surface area contributed by atoms with E-state index in [4.69, 9.17) is 9.84 Å². The molecule has 2 aromatic carbocycles. The second-order valence-electron chi connectivity index (χ2n) is 8.27. The summed E-state index contributed by atoms with van der Waals surface area (Å²) < 4.78 is 61.3. The first-order chi connectivity index (χ1) is 16.8. The maximum atomic E-state index is 14.3. The minimum Gasteiger partial charge on any atom is -0.395 e. The third-order valence-electron chi connectivity index (χ3n) is 6.10. The quantitative estimate of drug-likeness (QED) is 0.369. The molecule has 3 heterocycles. The number of carbonyl (C=O) groups is 1. The zero-order chi connectivity index (χ0) is 24.9. The van der Waals surface area contributed by atoms with Crippen LogP contribution in [0.4, 0.5) is 23.4 Å². The van der Waals surface area contributed by atoms with E-state index >= 15 is 0 Å². The SMILES string of the molecule is CN(C(=O)c1cc2cc(F)c(F)cc2[nH]1)[C@@H]1COCc2nc(NCCO)c3cc(F)c(F)cc3c21. The highest BCUT2D eigenvalue weighted by Gasteiger charge is 2.32. The summed E-state index contributed by atoms with van der Waals surface area (Å²) in [6.45, 7) is 0.0994. The first-order valence-electron chi connectivity index (χ1n) is 10.8. The molecule has 0 fully saturated rings. The zero-order valence-corrected chi connectivity index (χ0v) is 18.5. The Kier molecular flexibility index (Phi) is 5.81. The van der Waals surface area contributed by atoms with Crippen molar-refractivity contribution in [2.24, 2.45) is 0 Å². The molecule has 3 N–H and O–H groups in total. The van der Waals surface area contributed by atoms with E-state index in [9.17, 15) is 22.4 Å². The molecule has 182 valence electrons. The van der Waals surface area contributed by atoms with Crippen LogP contribution in [0.15, 0.2) is 30.3 Å². The Labute approximate surface area is 196 Å². The number of benzene rings is 2. The predicted molar refractivity (Wildman–Crippen MR) is 120 cm³/mol. The fourth-order valence-electron chi connectivity index (χ4n) is 4.40. The molecule has 11 heteroatoms. The van der Waals surface area contributed by atoms with Crippen molar-refractivity contribution in [2.75, 3.05) is 32.1 Å². The lowest BCUT2D eigenvalue weighted by Gasteiger charge is -2.34. The van der Waals surface area contributed by atoms with Crippen molar-refractivity contribution in [1.82, 2.24) is 14.9 Å². The molecule has 35 heavy (non-hydrogen) atoms. The first kappa shape index (κ1) is 23.1. The largest absolute Gasteiger partial charge is 0.395 e. The van der Waals surface area contributed by atoms with Crippen LogP contribution in [0.5, 0.6) is 0 Å². The lowest BCUT2D eigenvalue weighted by Crippen LogP contribution is -2.37. The van der Waals surface area contributed by atoms with Gasteiger partial charge in [-0.15, -0.1) is 0 Å². The van der Waals surface area contributed by atoms with E-state index in [2.05, 4.69) is 15.3 Å². The number of hydrogen-bond donors (Lipinski definition) is 3. The number of aromatic amines is 1. The molecule has 5 rings (SSSR count). The van der Waals surface area contributed by atoms with Gasteiger partial charge in [-0.3, -0.25) is 4.79 Å². The molecule has 1 aliphatic heterocycles. The summed E-state index contributed by atoms with van der Waals surface area (Å²) in [4.78, 5) is 22.0. The van der Waals surface area contributed by atoms with Crippen molar-refractivity contribution >= 4 is 33.4 Å². The van der Waals surface area contributed by atoms with Gasteiger partial charge < -0.3 is 25.0 Å². The summed E-state index contributed by atoms with van der Waals surface area (Å²) in [5.74, 6) is -4.43. The standard InChI is InChI=1S/C24H20F4N4O3/c1-32(24(34)19-5-11-4-14(25)17(28)8-18(11)30-19)21-10-35-9-20-22(21)12-6-15(26)16(27)7-13(12)23(31-20)29-2-3-33/h4-8,21,30,33H,2-3,9-10H2,1H3,(H,29,31)/t21-/m1/s1. The number of likely N-dealkylation sites (N-methyl/N-ethyl adjacent to an activating group) is 1. The smallest absolute Gasteiger partial charge is 0.270 e. The zero-order valence-electron chi connectivity index (χ0n) is 18.5. The van der Waals surface area contributed by atoms with E-state index in [0.29, 0.717) is 27.4 Å². The lowest BCUT2D eigenvalue weighted by molar-refractivity contribution is 0.0334. The van der Waals surface area contributed by atoms with Crippen LogP contribution in [0.25, 0.3) is 21.7 Å². The molecule has 2 aromatic heterocycles. The molecule has 1 atom stereocenters. The second-order valence-corrected chi connectivity index (χ2v) is 8.27. The molecular formula is C24H20F4N4O3. The van der Waals surface area contributed by atoms with Crippen LogP contribution in [0.1, 0.15) is 27.8 Å². The van der Waals surface area contributed by atoms with E-state index in [-0.39, 0.29) is 43.4 Å². The van der Waals surface area contributed by atoms with E-state index in [1.807, 2.05) is 0 Å². The second kappa shape index (κ2) is 8.82. The number of anilines is 1. The molecule has 7 nitrogen and oxygen atoms in total. The summed E-state index contributed by atoms with van der Waals surface area (Å²) in [6.07, 6.45) is 0. The maximum absolute atomic E-state index is 14.3. The van der Waals surface area contributed by atoms with Crippen molar-refractivity contribution in [3.63, 3.8) is 0 Å². The first-order valence-corrected chi connectivity index (χ1v) is 10.8. The molecule has 0 radical (unpaired) electrons. The average molecular weight is 488 g/mol. The van der Waals surface area contributed by atoms with Crippen LogP contribution in [0, 0.1) is 23.3 Å². The van der Waals surface area contributed by atoms with Gasteiger partial charge in [0.25, 0.3) is 5.91 Å². The predicted octanol–water partition coefficient (Wildman–Crippen LogP) is 4.02. The Balaban J connectivity index is 1.59. The number of H-pyrrole nitrogens is 1. The maximum Gasteiger partial charge on any atom is 0.270 e. The van der Waals surface area contributed by atoms with Gasteiger partial charge in [-0.2, -0.15) is 0 Å². The van der Waals surface area contributed by atoms with Gasteiger partial charge >= 0.3 is 0 Å². The number of amides is 1. The van der Waals surface area contributed by atoms with E-state index in [1.54, 1.807) is 0 Å². The highest BCUT2D eigenvalue weighted by atomic mass is 19.2. The van der Waals surface area contributed by atoms with Crippen LogP contribution in [0.3, 0.4) is 0 Å². The fourth-order valence-corrected chi connectivity index (χ4v) is 4.40. The van der Waals surface area contributed by atoms with Gasteiger partial charge in [0, 0.05) is 41.5 Å². The van der Waals surface area contributed by atoms with Crippen LogP contribution in [0.2, 0.25) is 0 Å². The minimum atomic E-state index is -1.06. The van der Waals surface area contributed by atoms with Gasteiger partial charge in [0.15, 0.2) is 23.3 Å². The van der Waals surface area contributed by atoms with Crippen molar-refractivity contribution in [3.8, 4) is 0 Å². The summed E-state index contributed by atoms with van der Waals surface area (Å²) >= 11 is 0.